The molecule has 2 N–H and O–H groups in total. The summed E-state index contributed by atoms with van der Waals surface area (Å²) in [5.41, 5.74) is 0.537. The first-order chi connectivity index (χ1) is 9.55. The first-order valence-corrected chi connectivity index (χ1v) is 7.30. The Bertz CT molecular complexity index is 431. The van der Waals surface area contributed by atoms with Crippen molar-refractivity contribution in [3.63, 3.8) is 0 Å². The van der Waals surface area contributed by atoms with Gasteiger partial charge in [-0.05, 0) is 38.3 Å². The molecule has 4 heteroatoms. The van der Waals surface area contributed by atoms with Gasteiger partial charge in [0.1, 0.15) is 0 Å². The monoisotopic (exact) mass is 276 g/mol. The molecule has 2 rings (SSSR count). The van der Waals surface area contributed by atoms with E-state index in [2.05, 4.69) is 10.2 Å². The number of likely N-dealkylation sites (tertiary alicyclic amines) is 1. The summed E-state index contributed by atoms with van der Waals surface area (Å²) in [6.45, 7) is 4.54. The third kappa shape index (κ3) is 4.94. The van der Waals surface area contributed by atoms with Crippen LogP contribution in [0.5, 0.6) is 0 Å². The molecule has 1 unspecified atom stereocenters. The zero-order chi connectivity index (χ0) is 14.4. The molecule has 1 aliphatic rings. The van der Waals surface area contributed by atoms with E-state index in [1.54, 1.807) is 0 Å². The minimum Gasteiger partial charge on any atom is -0.390 e. The summed E-state index contributed by atoms with van der Waals surface area (Å²) in [6.07, 6.45) is 2.49. The Morgan fingerprint density at radius 3 is 2.80 bits per heavy atom. The Kier molecular flexibility index (Phi) is 5.15. The van der Waals surface area contributed by atoms with E-state index in [4.69, 9.17) is 0 Å². The van der Waals surface area contributed by atoms with Crippen LogP contribution in [0, 0.1) is 0 Å². The van der Waals surface area contributed by atoms with Crippen LogP contribution >= 0.6 is 0 Å². The standard InChI is InChI=1S/C16H24N2O2/c1-16(20)8-5-10-18(11-9-16)13-15(19)17-12-14-6-3-2-4-7-14/h2-4,6-7,20H,5,8-13H2,1H3,(H,17,19). The molecule has 1 aromatic carbocycles. The number of aliphatic hydroxyl groups is 1. The highest BCUT2D eigenvalue weighted by Gasteiger charge is 2.25. The number of hydrogen-bond acceptors (Lipinski definition) is 3. The van der Waals surface area contributed by atoms with E-state index in [9.17, 15) is 9.90 Å². The highest BCUT2D eigenvalue weighted by Crippen LogP contribution is 2.20. The Morgan fingerprint density at radius 1 is 1.30 bits per heavy atom. The smallest absolute Gasteiger partial charge is 0.234 e. The van der Waals surface area contributed by atoms with Crippen molar-refractivity contribution < 1.29 is 9.90 Å². The van der Waals surface area contributed by atoms with Gasteiger partial charge in [-0.2, -0.15) is 0 Å². The summed E-state index contributed by atoms with van der Waals surface area (Å²) in [5.74, 6) is 0.0513. The van der Waals surface area contributed by atoms with Gasteiger partial charge in [-0.3, -0.25) is 9.69 Å². The Balaban J connectivity index is 1.74. The van der Waals surface area contributed by atoms with Gasteiger partial charge in [0.2, 0.25) is 5.91 Å². The van der Waals surface area contributed by atoms with E-state index >= 15 is 0 Å². The number of carbonyl (C=O) groups is 1. The summed E-state index contributed by atoms with van der Waals surface area (Å²) < 4.78 is 0. The van der Waals surface area contributed by atoms with Gasteiger partial charge in [-0.25, -0.2) is 0 Å². The van der Waals surface area contributed by atoms with Crippen LogP contribution in [0.25, 0.3) is 0 Å². The second-order valence-corrected chi connectivity index (χ2v) is 5.89. The zero-order valence-electron chi connectivity index (χ0n) is 12.1. The molecule has 1 saturated heterocycles. The lowest BCUT2D eigenvalue weighted by Crippen LogP contribution is -2.38. The second kappa shape index (κ2) is 6.86. The first-order valence-electron chi connectivity index (χ1n) is 7.30. The van der Waals surface area contributed by atoms with Crippen molar-refractivity contribution in [1.29, 1.82) is 0 Å². The summed E-state index contributed by atoms with van der Waals surface area (Å²) in [7, 11) is 0. The molecule has 0 aromatic heterocycles. The number of benzene rings is 1. The van der Waals surface area contributed by atoms with Gasteiger partial charge < -0.3 is 10.4 Å². The predicted octanol–water partition coefficient (Wildman–Crippen LogP) is 1.54. The van der Waals surface area contributed by atoms with Crippen molar-refractivity contribution in [2.75, 3.05) is 19.6 Å². The minimum atomic E-state index is -0.574. The topological polar surface area (TPSA) is 52.6 Å². The molecule has 0 spiro atoms. The molecule has 1 fully saturated rings. The Hall–Kier alpha value is -1.39. The van der Waals surface area contributed by atoms with Crippen LogP contribution in [0.15, 0.2) is 30.3 Å². The summed E-state index contributed by atoms with van der Waals surface area (Å²) in [6, 6.07) is 9.91. The number of nitrogens with zero attached hydrogens (tertiary/aromatic N) is 1. The highest BCUT2D eigenvalue weighted by atomic mass is 16.3. The van der Waals surface area contributed by atoms with Gasteiger partial charge in [-0.15, -0.1) is 0 Å². The van der Waals surface area contributed by atoms with Crippen molar-refractivity contribution in [2.45, 2.75) is 38.3 Å². The third-order valence-electron chi connectivity index (χ3n) is 3.86. The summed E-state index contributed by atoms with van der Waals surface area (Å²) in [4.78, 5) is 14.1. The van der Waals surface area contributed by atoms with Gasteiger partial charge in [-0.1, -0.05) is 30.3 Å². The van der Waals surface area contributed by atoms with Gasteiger partial charge in [0.05, 0.1) is 12.1 Å². The van der Waals surface area contributed by atoms with E-state index < -0.39 is 5.60 Å². The van der Waals surface area contributed by atoms with Crippen LogP contribution in [0.4, 0.5) is 0 Å². The van der Waals surface area contributed by atoms with E-state index in [1.165, 1.54) is 0 Å². The Morgan fingerprint density at radius 2 is 2.05 bits per heavy atom. The van der Waals surface area contributed by atoms with Crippen molar-refractivity contribution >= 4 is 5.91 Å². The summed E-state index contributed by atoms with van der Waals surface area (Å²) in [5, 5.41) is 13.0. The fraction of sp³-hybridized carbons (Fsp3) is 0.562. The third-order valence-corrected chi connectivity index (χ3v) is 3.86. The van der Waals surface area contributed by atoms with Crippen LogP contribution < -0.4 is 5.32 Å². The van der Waals surface area contributed by atoms with Crippen molar-refractivity contribution in [2.24, 2.45) is 0 Å². The number of carbonyl (C=O) groups excluding carboxylic acids is 1. The van der Waals surface area contributed by atoms with Crippen LogP contribution in [0.1, 0.15) is 31.7 Å². The highest BCUT2D eigenvalue weighted by molar-refractivity contribution is 5.78. The van der Waals surface area contributed by atoms with Gasteiger partial charge in [0.15, 0.2) is 0 Å². The second-order valence-electron chi connectivity index (χ2n) is 5.89. The molecule has 1 aromatic rings. The van der Waals surface area contributed by atoms with Crippen LogP contribution in [0.3, 0.4) is 0 Å². The molecular formula is C16H24N2O2. The molecular weight excluding hydrogens is 252 g/mol. The molecule has 0 radical (unpaired) electrons. The van der Waals surface area contributed by atoms with Crippen molar-refractivity contribution in [1.82, 2.24) is 10.2 Å². The van der Waals surface area contributed by atoms with Crippen LogP contribution in [-0.2, 0) is 11.3 Å². The molecule has 110 valence electrons. The molecule has 1 heterocycles. The normalized spacial score (nSPS) is 24.1. The fourth-order valence-electron chi connectivity index (χ4n) is 2.53. The number of rotatable bonds is 4. The van der Waals surface area contributed by atoms with E-state index in [0.717, 1.165) is 37.9 Å². The number of hydrogen-bond donors (Lipinski definition) is 2. The van der Waals surface area contributed by atoms with E-state index in [-0.39, 0.29) is 5.91 Å². The summed E-state index contributed by atoms with van der Waals surface area (Å²) >= 11 is 0. The predicted molar refractivity (Wildman–Crippen MR) is 79.2 cm³/mol. The lowest BCUT2D eigenvalue weighted by atomic mass is 9.98. The maximum absolute atomic E-state index is 11.9. The average Bonchev–Trinajstić information content (AvgIpc) is 2.59. The van der Waals surface area contributed by atoms with E-state index in [0.29, 0.717) is 13.1 Å². The molecule has 0 saturated carbocycles. The molecule has 0 aliphatic carbocycles. The quantitative estimate of drug-likeness (QED) is 0.877. The van der Waals surface area contributed by atoms with Gasteiger partial charge in [0, 0.05) is 13.1 Å². The lowest BCUT2D eigenvalue weighted by molar-refractivity contribution is -0.122. The molecule has 1 amide bonds. The van der Waals surface area contributed by atoms with Crippen LogP contribution in [0.2, 0.25) is 0 Å². The SMILES string of the molecule is CC1(O)CCCN(CC(=O)NCc2ccccc2)CC1. The van der Waals surface area contributed by atoms with Crippen molar-refractivity contribution in [3.8, 4) is 0 Å². The number of nitrogens with one attached hydrogen (secondary N) is 1. The lowest BCUT2D eigenvalue weighted by Gasteiger charge is -2.22. The number of amides is 1. The fourth-order valence-corrected chi connectivity index (χ4v) is 2.53. The molecule has 4 nitrogen and oxygen atoms in total. The maximum Gasteiger partial charge on any atom is 0.234 e. The molecule has 0 bridgehead atoms. The molecule has 1 atom stereocenters. The minimum absolute atomic E-state index is 0.0513. The average molecular weight is 276 g/mol. The molecule has 1 aliphatic heterocycles. The van der Waals surface area contributed by atoms with Crippen LogP contribution in [-0.4, -0.2) is 41.1 Å². The van der Waals surface area contributed by atoms with Crippen molar-refractivity contribution in [3.05, 3.63) is 35.9 Å². The first kappa shape index (κ1) is 15.0. The largest absolute Gasteiger partial charge is 0.390 e. The Labute approximate surface area is 120 Å². The van der Waals surface area contributed by atoms with E-state index in [1.807, 2.05) is 37.3 Å². The zero-order valence-corrected chi connectivity index (χ0v) is 12.1. The van der Waals surface area contributed by atoms with Gasteiger partial charge >= 0.3 is 0 Å². The maximum atomic E-state index is 11.9. The van der Waals surface area contributed by atoms with Gasteiger partial charge in [0.25, 0.3) is 0 Å². The molecule has 20 heavy (non-hydrogen) atoms.